The Morgan fingerprint density at radius 2 is 1.88 bits per heavy atom. The van der Waals surface area contributed by atoms with Crippen molar-refractivity contribution in [2.24, 2.45) is 23.2 Å². The molecule has 0 heterocycles. The fourth-order valence-electron chi connectivity index (χ4n) is 3.19. The molecule has 1 fully saturated rings. The molecule has 16 heavy (non-hydrogen) atoms. The van der Waals surface area contributed by atoms with Crippen LogP contribution in [0.5, 0.6) is 0 Å². The van der Waals surface area contributed by atoms with Crippen molar-refractivity contribution in [3.05, 3.63) is 12.7 Å². The SMILES string of the molecule is C=CC.CCC(C)C1CC(C)CC(C)(C)C1. The Bertz CT molecular complexity index is 190. The Hall–Kier alpha value is -0.260. The molecule has 0 aromatic heterocycles. The molecule has 1 aliphatic carbocycles. The van der Waals surface area contributed by atoms with E-state index in [-0.39, 0.29) is 0 Å². The molecule has 3 atom stereocenters. The van der Waals surface area contributed by atoms with Crippen LogP contribution in [0.1, 0.15) is 67.2 Å². The second-order valence-corrected chi connectivity index (χ2v) is 6.47. The van der Waals surface area contributed by atoms with Crippen molar-refractivity contribution in [1.29, 1.82) is 0 Å². The highest BCUT2D eigenvalue weighted by Gasteiger charge is 2.33. The number of hydrogen-bond acceptors (Lipinski definition) is 0. The molecule has 0 amide bonds. The van der Waals surface area contributed by atoms with Crippen molar-refractivity contribution in [3.63, 3.8) is 0 Å². The molecular formula is C16H32. The zero-order chi connectivity index (χ0) is 12.8. The lowest BCUT2D eigenvalue weighted by Gasteiger charge is -2.41. The van der Waals surface area contributed by atoms with Gasteiger partial charge in [0.1, 0.15) is 0 Å². The highest BCUT2D eigenvalue weighted by atomic mass is 14.4. The average molecular weight is 224 g/mol. The molecule has 0 N–H and O–H groups in total. The molecule has 0 aromatic rings. The predicted octanol–water partition coefficient (Wildman–Crippen LogP) is 5.69. The van der Waals surface area contributed by atoms with Gasteiger partial charge in [-0.1, -0.05) is 47.1 Å². The molecule has 0 aliphatic heterocycles. The predicted molar refractivity (Wildman–Crippen MR) is 75.6 cm³/mol. The standard InChI is InChI=1S/C13H26.C3H6/c1-6-11(3)12-7-10(2)8-13(4,5)9-12;1-3-2/h10-12H,6-9H2,1-5H3;3H,1H2,2H3. The largest absolute Gasteiger partial charge is 0.103 e. The van der Waals surface area contributed by atoms with E-state index >= 15 is 0 Å². The number of hydrogen-bond donors (Lipinski definition) is 0. The third-order valence-corrected chi connectivity index (χ3v) is 3.87. The molecule has 0 nitrogen and oxygen atoms in total. The Labute approximate surface area is 104 Å². The summed E-state index contributed by atoms with van der Waals surface area (Å²) in [5, 5.41) is 0. The van der Waals surface area contributed by atoms with Gasteiger partial charge in [0, 0.05) is 0 Å². The quantitative estimate of drug-likeness (QED) is 0.529. The van der Waals surface area contributed by atoms with Crippen LogP contribution in [0, 0.1) is 23.2 Å². The first-order valence-electron chi connectivity index (χ1n) is 6.93. The molecule has 0 saturated heterocycles. The molecule has 0 bridgehead atoms. The molecule has 0 aromatic carbocycles. The van der Waals surface area contributed by atoms with Crippen molar-refractivity contribution >= 4 is 0 Å². The van der Waals surface area contributed by atoms with Crippen molar-refractivity contribution in [1.82, 2.24) is 0 Å². The van der Waals surface area contributed by atoms with E-state index in [0.29, 0.717) is 5.41 Å². The third kappa shape index (κ3) is 5.72. The molecule has 96 valence electrons. The van der Waals surface area contributed by atoms with Gasteiger partial charge in [0.05, 0.1) is 0 Å². The van der Waals surface area contributed by atoms with Crippen molar-refractivity contribution in [3.8, 4) is 0 Å². The first-order valence-corrected chi connectivity index (χ1v) is 6.93. The average Bonchev–Trinajstić information content (AvgIpc) is 2.14. The smallest absolute Gasteiger partial charge is 0.0349 e. The van der Waals surface area contributed by atoms with E-state index in [1.807, 2.05) is 6.92 Å². The second kappa shape index (κ2) is 7.14. The maximum Gasteiger partial charge on any atom is -0.0349 e. The zero-order valence-corrected chi connectivity index (χ0v) is 12.3. The Kier molecular flexibility index (Phi) is 7.03. The van der Waals surface area contributed by atoms with Crippen LogP contribution >= 0.6 is 0 Å². The van der Waals surface area contributed by atoms with Gasteiger partial charge in [-0.25, -0.2) is 0 Å². The molecule has 0 spiro atoms. The second-order valence-electron chi connectivity index (χ2n) is 6.47. The van der Waals surface area contributed by atoms with Gasteiger partial charge in [-0.2, -0.15) is 0 Å². The summed E-state index contributed by atoms with van der Waals surface area (Å²) >= 11 is 0. The van der Waals surface area contributed by atoms with E-state index in [0.717, 1.165) is 17.8 Å². The Morgan fingerprint density at radius 1 is 1.38 bits per heavy atom. The molecule has 1 rings (SSSR count). The van der Waals surface area contributed by atoms with Gasteiger partial charge < -0.3 is 0 Å². The molecule has 1 aliphatic rings. The first kappa shape index (κ1) is 15.7. The normalized spacial score (nSPS) is 29.9. The molecule has 1 saturated carbocycles. The summed E-state index contributed by atoms with van der Waals surface area (Å²) in [5.41, 5.74) is 0.603. The lowest BCUT2D eigenvalue weighted by Crippen LogP contribution is -2.30. The van der Waals surface area contributed by atoms with Crippen LogP contribution in [0.3, 0.4) is 0 Å². The van der Waals surface area contributed by atoms with Gasteiger partial charge >= 0.3 is 0 Å². The van der Waals surface area contributed by atoms with Crippen LogP contribution in [-0.4, -0.2) is 0 Å². The van der Waals surface area contributed by atoms with Crippen molar-refractivity contribution < 1.29 is 0 Å². The minimum atomic E-state index is 0.603. The third-order valence-electron chi connectivity index (χ3n) is 3.87. The van der Waals surface area contributed by atoms with Gasteiger partial charge in [0.25, 0.3) is 0 Å². The lowest BCUT2D eigenvalue weighted by molar-refractivity contribution is 0.0986. The summed E-state index contributed by atoms with van der Waals surface area (Å²) in [7, 11) is 0. The fraction of sp³-hybridized carbons (Fsp3) is 0.875. The molecule has 3 unspecified atom stereocenters. The summed E-state index contributed by atoms with van der Waals surface area (Å²) in [6.45, 7) is 17.3. The molecule has 0 heteroatoms. The number of rotatable bonds is 2. The van der Waals surface area contributed by atoms with Gasteiger partial charge in [0.15, 0.2) is 0 Å². The highest BCUT2D eigenvalue weighted by Crippen LogP contribution is 2.44. The van der Waals surface area contributed by atoms with Crippen LogP contribution < -0.4 is 0 Å². The van der Waals surface area contributed by atoms with Crippen LogP contribution in [0.2, 0.25) is 0 Å². The van der Waals surface area contributed by atoms with Gasteiger partial charge in [0.2, 0.25) is 0 Å². The van der Waals surface area contributed by atoms with Gasteiger partial charge in [-0.3, -0.25) is 0 Å². The fourth-order valence-corrected chi connectivity index (χ4v) is 3.19. The Morgan fingerprint density at radius 3 is 2.25 bits per heavy atom. The lowest BCUT2D eigenvalue weighted by atomic mass is 9.64. The van der Waals surface area contributed by atoms with Crippen molar-refractivity contribution in [2.45, 2.75) is 67.2 Å². The van der Waals surface area contributed by atoms with E-state index in [4.69, 9.17) is 0 Å². The van der Waals surface area contributed by atoms with Crippen molar-refractivity contribution in [2.75, 3.05) is 0 Å². The maximum atomic E-state index is 3.36. The Balaban J connectivity index is 0.000000673. The van der Waals surface area contributed by atoms with Crippen LogP contribution in [-0.2, 0) is 0 Å². The van der Waals surface area contributed by atoms with Crippen LogP contribution in [0.15, 0.2) is 12.7 Å². The van der Waals surface area contributed by atoms with E-state index in [9.17, 15) is 0 Å². The van der Waals surface area contributed by atoms with Gasteiger partial charge in [-0.05, 0) is 49.4 Å². The van der Waals surface area contributed by atoms with E-state index < -0.39 is 0 Å². The van der Waals surface area contributed by atoms with Crippen LogP contribution in [0.25, 0.3) is 0 Å². The van der Waals surface area contributed by atoms with Gasteiger partial charge in [-0.15, -0.1) is 6.58 Å². The summed E-state index contributed by atoms with van der Waals surface area (Å²) in [4.78, 5) is 0. The first-order chi connectivity index (χ1) is 7.36. The van der Waals surface area contributed by atoms with Crippen LogP contribution in [0.4, 0.5) is 0 Å². The zero-order valence-electron chi connectivity index (χ0n) is 12.3. The van der Waals surface area contributed by atoms with E-state index in [1.54, 1.807) is 6.08 Å². The highest BCUT2D eigenvalue weighted by molar-refractivity contribution is 4.84. The minimum absolute atomic E-state index is 0.603. The summed E-state index contributed by atoms with van der Waals surface area (Å²) in [6, 6.07) is 0. The van der Waals surface area contributed by atoms with E-state index in [1.165, 1.54) is 25.7 Å². The number of allylic oxidation sites excluding steroid dienone is 1. The monoisotopic (exact) mass is 224 g/mol. The minimum Gasteiger partial charge on any atom is -0.103 e. The summed E-state index contributed by atoms with van der Waals surface area (Å²) < 4.78 is 0. The molecular weight excluding hydrogens is 192 g/mol. The topological polar surface area (TPSA) is 0 Å². The maximum absolute atomic E-state index is 3.36. The summed E-state index contributed by atoms with van der Waals surface area (Å²) in [6.07, 6.45) is 7.46. The van der Waals surface area contributed by atoms with E-state index in [2.05, 4.69) is 41.2 Å². The molecule has 0 radical (unpaired) electrons. The summed E-state index contributed by atoms with van der Waals surface area (Å²) in [5.74, 6) is 2.87.